The molecule has 2 aromatic carbocycles. The molecule has 2 aromatic rings. The number of aliphatic hydroxyl groups is 1. The van der Waals surface area contributed by atoms with Crippen molar-refractivity contribution in [3.8, 4) is 5.75 Å². The lowest BCUT2D eigenvalue weighted by Gasteiger charge is -2.10. The number of aliphatic hydroxyl groups excluding tert-OH is 1. The average molecular weight is 293 g/mol. The molecule has 0 amide bonds. The third-order valence-corrected chi connectivity index (χ3v) is 2.98. The van der Waals surface area contributed by atoms with Gasteiger partial charge in [0, 0.05) is 12.1 Å². The molecule has 5 heteroatoms. The van der Waals surface area contributed by atoms with Gasteiger partial charge in [0.25, 0.3) is 0 Å². The zero-order chi connectivity index (χ0) is 15.2. The van der Waals surface area contributed by atoms with Crippen LogP contribution in [0.2, 0.25) is 0 Å². The molecule has 0 spiro atoms. The zero-order valence-electron chi connectivity index (χ0n) is 11.4. The number of benzene rings is 2. The molecule has 3 N–H and O–H groups in total. The van der Waals surface area contributed by atoms with E-state index in [1.54, 1.807) is 12.1 Å². The van der Waals surface area contributed by atoms with E-state index >= 15 is 0 Å². The Morgan fingerprint density at radius 3 is 2.19 bits per heavy atom. The number of nitrogens with two attached hydrogens (primary N) is 1. The van der Waals surface area contributed by atoms with Crippen molar-refractivity contribution in [1.29, 1.82) is 0 Å². The Morgan fingerprint density at radius 2 is 1.62 bits per heavy atom. The molecule has 0 heterocycles. The molecule has 1 unspecified atom stereocenters. The molecule has 0 aromatic heterocycles. The van der Waals surface area contributed by atoms with Crippen molar-refractivity contribution in [1.82, 2.24) is 0 Å². The molecule has 0 aliphatic rings. The van der Waals surface area contributed by atoms with Gasteiger partial charge in [0.05, 0.1) is 6.61 Å². The maximum Gasteiger partial charge on any atom is 0.126 e. The Bertz CT molecular complexity index is 567. The largest absolute Gasteiger partial charge is 0.489 e. The van der Waals surface area contributed by atoms with Crippen molar-refractivity contribution in [2.24, 2.45) is 5.73 Å². The molecule has 0 saturated carbocycles. The van der Waals surface area contributed by atoms with Gasteiger partial charge in [-0.3, -0.25) is 0 Å². The maximum atomic E-state index is 13.0. The third kappa shape index (κ3) is 4.81. The number of rotatable bonds is 6. The highest BCUT2D eigenvalue weighted by atomic mass is 19.1. The predicted molar refractivity (Wildman–Crippen MR) is 75.9 cm³/mol. The Morgan fingerprint density at radius 1 is 1.00 bits per heavy atom. The lowest BCUT2D eigenvalue weighted by atomic mass is 10.1. The number of hydrogen-bond acceptors (Lipinski definition) is 3. The van der Waals surface area contributed by atoms with Gasteiger partial charge in [0.1, 0.15) is 24.0 Å². The first-order valence-electron chi connectivity index (χ1n) is 6.60. The highest BCUT2D eigenvalue weighted by molar-refractivity contribution is 5.28. The summed E-state index contributed by atoms with van der Waals surface area (Å²) in [5, 5.41) is 8.89. The maximum absolute atomic E-state index is 13.0. The first-order chi connectivity index (χ1) is 10.1. The van der Waals surface area contributed by atoms with Crippen LogP contribution < -0.4 is 10.5 Å². The van der Waals surface area contributed by atoms with E-state index in [0.29, 0.717) is 17.7 Å². The summed E-state index contributed by atoms with van der Waals surface area (Å²) in [7, 11) is 0. The summed E-state index contributed by atoms with van der Waals surface area (Å²) in [4.78, 5) is 0. The van der Waals surface area contributed by atoms with Crippen molar-refractivity contribution < 1.29 is 18.6 Å². The van der Waals surface area contributed by atoms with E-state index in [-0.39, 0.29) is 19.3 Å². The van der Waals surface area contributed by atoms with E-state index in [2.05, 4.69) is 0 Å². The summed E-state index contributed by atoms with van der Waals surface area (Å²) in [5.41, 5.74) is 7.07. The quantitative estimate of drug-likeness (QED) is 0.860. The monoisotopic (exact) mass is 293 g/mol. The van der Waals surface area contributed by atoms with Crippen LogP contribution in [0.3, 0.4) is 0 Å². The van der Waals surface area contributed by atoms with Crippen LogP contribution in [-0.2, 0) is 13.0 Å². The second-order valence-electron chi connectivity index (χ2n) is 4.86. The Labute approximate surface area is 122 Å². The molecular weight excluding hydrogens is 276 g/mol. The SMILES string of the molecule is NC(CO)Cc1ccc(OCc2cc(F)cc(F)c2)cc1. The fraction of sp³-hybridized carbons (Fsp3) is 0.250. The molecule has 0 aliphatic carbocycles. The van der Waals surface area contributed by atoms with Gasteiger partial charge in [0.15, 0.2) is 0 Å². The minimum absolute atomic E-state index is 0.0661. The van der Waals surface area contributed by atoms with E-state index < -0.39 is 11.6 Å². The highest BCUT2D eigenvalue weighted by Gasteiger charge is 2.04. The van der Waals surface area contributed by atoms with Crippen molar-refractivity contribution in [2.45, 2.75) is 19.1 Å². The summed E-state index contributed by atoms with van der Waals surface area (Å²) in [6.07, 6.45) is 0.575. The Hall–Kier alpha value is -1.98. The smallest absolute Gasteiger partial charge is 0.126 e. The Balaban J connectivity index is 1.94. The van der Waals surface area contributed by atoms with Gasteiger partial charge in [0.2, 0.25) is 0 Å². The van der Waals surface area contributed by atoms with E-state index in [9.17, 15) is 8.78 Å². The van der Waals surface area contributed by atoms with Crippen LogP contribution >= 0.6 is 0 Å². The van der Waals surface area contributed by atoms with Crippen LogP contribution in [0.5, 0.6) is 5.75 Å². The molecule has 21 heavy (non-hydrogen) atoms. The summed E-state index contributed by atoms with van der Waals surface area (Å²) in [6, 6.07) is 10.2. The first kappa shape index (κ1) is 15.4. The first-order valence-corrected chi connectivity index (χ1v) is 6.60. The van der Waals surface area contributed by atoms with E-state index in [4.69, 9.17) is 15.6 Å². The highest BCUT2D eigenvalue weighted by Crippen LogP contribution is 2.16. The van der Waals surface area contributed by atoms with E-state index in [0.717, 1.165) is 11.6 Å². The van der Waals surface area contributed by atoms with Gasteiger partial charge < -0.3 is 15.6 Å². The van der Waals surface area contributed by atoms with Crippen molar-refractivity contribution >= 4 is 0 Å². The van der Waals surface area contributed by atoms with Crippen LogP contribution in [0.4, 0.5) is 8.78 Å². The normalized spacial score (nSPS) is 12.2. The van der Waals surface area contributed by atoms with Gasteiger partial charge in [-0.05, 0) is 41.8 Å². The predicted octanol–water partition coefficient (Wildman–Crippen LogP) is 2.41. The molecule has 0 fully saturated rings. The molecule has 112 valence electrons. The summed E-state index contributed by atoms with van der Waals surface area (Å²) >= 11 is 0. The molecule has 0 bridgehead atoms. The van der Waals surface area contributed by atoms with Crippen LogP contribution in [-0.4, -0.2) is 17.8 Å². The average Bonchev–Trinajstić information content (AvgIpc) is 2.45. The van der Waals surface area contributed by atoms with Crippen LogP contribution in [0.1, 0.15) is 11.1 Å². The standard InChI is InChI=1S/C16H17F2NO2/c17-13-5-12(6-14(18)8-13)10-21-16-3-1-11(2-4-16)7-15(19)9-20/h1-6,8,15,20H,7,9-10,19H2. The van der Waals surface area contributed by atoms with E-state index in [1.807, 2.05) is 12.1 Å². The minimum atomic E-state index is -0.623. The van der Waals surface area contributed by atoms with Crippen molar-refractivity contribution in [3.63, 3.8) is 0 Å². The topological polar surface area (TPSA) is 55.5 Å². The Kier molecular flexibility index (Phi) is 5.25. The van der Waals surface area contributed by atoms with Crippen LogP contribution in [0, 0.1) is 11.6 Å². The zero-order valence-corrected chi connectivity index (χ0v) is 11.4. The van der Waals surface area contributed by atoms with Crippen LogP contribution in [0.25, 0.3) is 0 Å². The summed E-state index contributed by atoms with van der Waals surface area (Å²) < 4.78 is 31.5. The summed E-state index contributed by atoms with van der Waals surface area (Å²) in [5.74, 6) is -0.648. The number of ether oxygens (including phenoxy) is 1. The molecular formula is C16H17F2NO2. The van der Waals surface area contributed by atoms with Gasteiger partial charge in [-0.1, -0.05) is 12.1 Å². The van der Waals surface area contributed by atoms with E-state index in [1.165, 1.54) is 12.1 Å². The van der Waals surface area contributed by atoms with Gasteiger partial charge >= 0.3 is 0 Å². The molecule has 0 radical (unpaired) electrons. The number of halogens is 2. The third-order valence-electron chi connectivity index (χ3n) is 2.98. The lowest BCUT2D eigenvalue weighted by molar-refractivity contribution is 0.265. The fourth-order valence-corrected chi connectivity index (χ4v) is 1.95. The lowest BCUT2D eigenvalue weighted by Crippen LogP contribution is -2.26. The molecule has 3 nitrogen and oxygen atoms in total. The second-order valence-corrected chi connectivity index (χ2v) is 4.86. The van der Waals surface area contributed by atoms with Crippen molar-refractivity contribution in [2.75, 3.05) is 6.61 Å². The molecule has 1 atom stereocenters. The van der Waals surface area contributed by atoms with Gasteiger partial charge in [-0.25, -0.2) is 8.78 Å². The molecule has 0 saturated heterocycles. The van der Waals surface area contributed by atoms with Gasteiger partial charge in [-0.2, -0.15) is 0 Å². The number of hydrogen-bond donors (Lipinski definition) is 2. The summed E-state index contributed by atoms with van der Waals surface area (Å²) in [6.45, 7) is 0.0214. The van der Waals surface area contributed by atoms with Crippen molar-refractivity contribution in [3.05, 3.63) is 65.2 Å². The molecule has 0 aliphatic heterocycles. The molecule has 2 rings (SSSR count). The second kappa shape index (κ2) is 7.15. The minimum Gasteiger partial charge on any atom is -0.489 e. The fourth-order valence-electron chi connectivity index (χ4n) is 1.95. The van der Waals surface area contributed by atoms with Crippen LogP contribution in [0.15, 0.2) is 42.5 Å². The van der Waals surface area contributed by atoms with Gasteiger partial charge in [-0.15, -0.1) is 0 Å².